The van der Waals surface area contributed by atoms with Crippen LogP contribution in [0, 0.1) is 0 Å². The Labute approximate surface area is 234 Å². The lowest BCUT2D eigenvalue weighted by Crippen LogP contribution is -2.30. The molecule has 1 unspecified atom stereocenters. The average molecular weight is 554 g/mol. The zero-order valence-electron chi connectivity index (χ0n) is 23.1. The first-order chi connectivity index (χ1) is 19.9. The van der Waals surface area contributed by atoms with Gasteiger partial charge in [0, 0.05) is 46.2 Å². The van der Waals surface area contributed by atoms with E-state index < -0.39 is 6.10 Å². The van der Waals surface area contributed by atoms with Gasteiger partial charge in [-0.15, -0.1) is 0 Å². The van der Waals surface area contributed by atoms with Crippen LogP contribution in [0.3, 0.4) is 0 Å². The number of rotatable bonds is 8. The van der Waals surface area contributed by atoms with Crippen molar-refractivity contribution in [3.63, 3.8) is 0 Å². The summed E-state index contributed by atoms with van der Waals surface area (Å²) in [5.74, 6) is 2.04. The van der Waals surface area contributed by atoms with Crippen LogP contribution in [0.4, 0.5) is 5.69 Å². The van der Waals surface area contributed by atoms with E-state index in [1.165, 1.54) is 14.2 Å². The number of carbonyl (C=O) groups excluding carboxylic acids is 1. The summed E-state index contributed by atoms with van der Waals surface area (Å²) >= 11 is 0. The highest BCUT2D eigenvalue weighted by Crippen LogP contribution is 2.39. The summed E-state index contributed by atoms with van der Waals surface area (Å²) < 4.78 is 29.3. The molecule has 6 rings (SSSR count). The van der Waals surface area contributed by atoms with Gasteiger partial charge in [-0.2, -0.15) is 0 Å². The number of methoxy groups -OCH3 is 4. The van der Waals surface area contributed by atoms with Gasteiger partial charge in [-0.25, -0.2) is 0 Å². The van der Waals surface area contributed by atoms with Crippen molar-refractivity contribution in [2.75, 3.05) is 33.8 Å². The first-order valence-electron chi connectivity index (χ1n) is 12.8. The molecule has 3 heterocycles. The van der Waals surface area contributed by atoms with E-state index in [0.717, 1.165) is 10.8 Å². The Bertz CT molecular complexity index is 2000. The molecule has 0 spiro atoms. The van der Waals surface area contributed by atoms with Crippen molar-refractivity contribution in [3.05, 3.63) is 71.1 Å². The molecule has 3 aromatic heterocycles. The zero-order valence-corrected chi connectivity index (χ0v) is 23.1. The fourth-order valence-electron chi connectivity index (χ4n) is 5.25. The number of nitrogens with one attached hydrogen (secondary N) is 1. The van der Waals surface area contributed by atoms with Gasteiger partial charge in [0.15, 0.2) is 17.6 Å². The van der Waals surface area contributed by atoms with Gasteiger partial charge in [0.05, 0.1) is 50.4 Å². The molecule has 0 aliphatic rings. The van der Waals surface area contributed by atoms with Gasteiger partial charge in [0.2, 0.25) is 0 Å². The quantitative estimate of drug-likeness (QED) is 0.261. The largest absolute Gasteiger partial charge is 0.497 e. The highest BCUT2D eigenvalue weighted by Gasteiger charge is 2.23. The molecule has 1 N–H and O–H groups in total. The van der Waals surface area contributed by atoms with Crippen molar-refractivity contribution in [2.24, 2.45) is 0 Å². The van der Waals surface area contributed by atoms with E-state index >= 15 is 0 Å². The highest BCUT2D eigenvalue weighted by atomic mass is 16.5. The molecule has 0 aliphatic carbocycles. The topological polar surface area (TPSA) is 110 Å². The Morgan fingerprint density at radius 3 is 2.27 bits per heavy atom. The Morgan fingerprint density at radius 1 is 0.829 bits per heavy atom. The molecule has 0 fully saturated rings. The number of anilines is 1. The van der Waals surface area contributed by atoms with E-state index in [0.29, 0.717) is 61.8 Å². The van der Waals surface area contributed by atoms with Crippen LogP contribution in [-0.4, -0.2) is 49.8 Å². The monoisotopic (exact) mass is 553 g/mol. The number of pyridine rings is 2. The Kier molecular flexibility index (Phi) is 6.37. The number of amides is 1. The van der Waals surface area contributed by atoms with Gasteiger partial charge >= 0.3 is 0 Å². The molecule has 41 heavy (non-hydrogen) atoms. The summed E-state index contributed by atoms with van der Waals surface area (Å²) in [6.45, 7) is 1.66. The van der Waals surface area contributed by atoms with Crippen LogP contribution in [0.25, 0.3) is 38.1 Å². The van der Waals surface area contributed by atoms with E-state index in [4.69, 9.17) is 23.7 Å². The lowest BCUT2D eigenvalue weighted by Gasteiger charge is -2.16. The van der Waals surface area contributed by atoms with Gasteiger partial charge < -0.3 is 29.0 Å². The second kappa shape index (κ2) is 10.1. The molecule has 0 bridgehead atoms. The van der Waals surface area contributed by atoms with Crippen LogP contribution in [0.15, 0.2) is 65.6 Å². The lowest BCUT2D eigenvalue weighted by molar-refractivity contribution is -0.122. The molecule has 0 saturated carbocycles. The third-order valence-electron chi connectivity index (χ3n) is 7.17. The SMILES string of the molecule is COc1cc(NC(=O)C(C)Oc2ccc3c(c2)c2ccnc4c5ccc(OC)c(OC)c5c(=O)n3c24)cc(OC)c1. The normalized spacial score (nSPS) is 12.1. The average Bonchev–Trinajstić information content (AvgIpc) is 3.33. The summed E-state index contributed by atoms with van der Waals surface area (Å²) in [5.41, 5.74) is 2.32. The van der Waals surface area contributed by atoms with Crippen molar-refractivity contribution >= 4 is 49.7 Å². The number of hydrogen-bond acceptors (Lipinski definition) is 8. The molecular formula is C31H27N3O7. The second-order valence-electron chi connectivity index (χ2n) is 9.45. The maximum atomic E-state index is 13.9. The highest BCUT2D eigenvalue weighted by molar-refractivity contribution is 6.19. The number of benzene rings is 3. The van der Waals surface area contributed by atoms with E-state index in [-0.39, 0.29) is 11.5 Å². The molecule has 3 aromatic carbocycles. The molecule has 0 aliphatic heterocycles. The summed E-state index contributed by atoms with van der Waals surface area (Å²) in [5, 5.41) is 5.52. The Balaban J connectivity index is 1.41. The molecule has 1 amide bonds. The molecule has 6 aromatic rings. The summed E-state index contributed by atoms with van der Waals surface area (Å²) in [6.07, 6.45) is 0.887. The molecule has 10 nitrogen and oxygen atoms in total. The molecule has 0 saturated heterocycles. The second-order valence-corrected chi connectivity index (χ2v) is 9.45. The summed E-state index contributed by atoms with van der Waals surface area (Å²) in [6, 6.07) is 15.9. The maximum Gasteiger partial charge on any atom is 0.267 e. The molecular weight excluding hydrogens is 526 g/mol. The number of fused-ring (bicyclic) bond motifs is 5. The zero-order chi connectivity index (χ0) is 28.8. The fraction of sp³-hybridized carbons (Fsp3) is 0.194. The van der Waals surface area contributed by atoms with Gasteiger partial charge in [-0.05, 0) is 43.3 Å². The van der Waals surface area contributed by atoms with Gasteiger partial charge in [-0.1, -0.05) is 0 Å². The molecule has 208 valence electrons. The fourth-order valence-corrected chi connectivity index (χ4v) is 5.25. The summed E-state index contributed by atoms with van der Waals surface area (Å²) in [7, 11) is 6.12. The van der Waals surface area contributed by atoms with Crippen molar-refractivity contribution < 1.29 is 28.5 Å². The predicted octanol–water partition coefficient (Wildman–Crippen LogP) is 5.03. The van der Waals surface area contributed by atoms with E-state index in [1.54, 1.807) is 62.1 Å². The van der Waals surface area contributed by atoms with E-state index in [9.17, 15) is 9.59 Å². The van der Waals surface area contributed by atoms with E-state index in [1.807, 2.05) is 24.3 Å². The standard InChI is InChI=1S/C31H27N3O7/c1-16(30(35)33-17-12-19(37-2)14-20(13-17)38-3)41-18-6-8-24-23(15-18)21-10-11-32-27-22-7-9-25(39-4)29(40-5)26(22)31(36)34(24)28(21)27/h6-16H,1-5H3,(H,33,35). The van der Waals surface area contributed by atoms with Crippen LogP contribution < -0.4 is 34.6 Å². The smallest absolute Gasteiger partial charge is 0.267 e. The third-order valence-corrected chi connectivity index (χ3v) is 7.17. The van der Waals surface area contributed by atoms with E-state index in [2.05, 4.69) is 10.3 Å². The third kappa shape index (κ3) is 4.15. The van der Waals surface area contributed by atoms with Gasteiger partial charge in [0.1, 0.15) is 17.2 Å². The van der Waals surface area contributed by atoms with Crippen molar-refractivity contribution in [2.45, 2.75) is 13.0 Å². The lowest BCUT2D eigenvalue weighted by atomic mass is 10.1. The molecule has 1 atom stereocenters. The number of ether oxygens (including phenoxy) is 5. The van der Waals surface area contributed by atoms with Crippen LogP contribution in [0.2, 0.25) is 0 Å². The molecule has 10 heteroatoms. The van der Waals surface area contributed by atoms with Crippen molar-refractivity contribution in [1.82, 2.24) is 9.38 Å². The minimum Gasteiger partial charge on any atom is -0.497 e. The number of carbonyl (C=O) groups is 1. The number of aromatic nitrogens is 2. The van der Waals surface area contributed by atoms with Crippen LogP contribution in [0.5, 0.6) is 28.7 Å². The predicted molar refractivity (Wildman–Crippen MR) is 157 cm³/mol. The van der Waals surface area contributed by atoms with Crippen LogP contribution in [0.1, 0.15) is 6.92 Å². The maximum absolute atomic E-state index is 13.9. The first-order valence-corrected chi connectivity index (χ1v) is 12.8. The molecule has 0 radical (unpaired) electrons. The number of hydrogen-bond donors (Lipinski definition) is 1. The van der Waals surface area contributed by atoms with Crippen molar-refractivity contribution in [3.8, 4) is 28.7 Å². The van der Waals surface area contributed by atoms with Crippen molar-refractivity contribution in [1.29, 1.82) is 0 Å². The first kappa shape index (κ1) is 26.0. The van der Waals surface area contributed by atoms with Crippen LogP contribution >= 0.6 is 0 Å². The van der Waals surface area contributed by atoms with Crippen LogP contribution in [-0.2, 0) is 4.79 Å². The van der Waals surface area contributed by atoms with Gasteiger partial charge in [-0.3, -0.25) is 19.0 Å². The Morgan fingerprint density at radius 2 is 1.59 bits per heavy atom. The number of nitrogens with zero attached hydrogens (tertiary/aromatic N) is 2. The summed E-state index contributed by atoms with van der Waals surface area (Å²) in [4.78, 5) is 31.5. The Hall–Kier alpha value is -5.25. The minimum absolute atomic E-state index is 0.244. The minimum atomic E-state index is -0.825. The van der Waals surface area contributed by atoms with Gasteiger partial charge in [0.25, 0.3) is 11.5 Å².